The van der Waals surface area contributed by atoms with Crippen molar-refractivity contribution < 1.29 is 45.8 Å². The Labute approximate surface area is 324 Å². The number of nitrogens with zero attached hydrogens (tertiary/aromatic N) is 5. The van der Waals surface area contributed by atoms with Crippen LogP contribution in [0, 0.1) is 23.7 Å². The highest BCUT2D eigenvalue weighted by molar-refractivity contribution is 5.87. The molecule has 2 aromatic heterocycles. The van der Waals surface area contributed by atoms with Gasteiger partial charge in [-0.1, -0.05) is 38.1 Å². The minimum absolute atomic E-state index is 0.00166. The molecular weight excluding hydrogens is 746 g/mol. The van der Waals surface area contributed by atoms with E-state index in [4.69, 9.17) is 23.3 Å². The van der Waals surface area contributed by atoms with E-state index < -0.39 is 25.2 Å². The van der Waals surface area contributed by atoms with Gasteiger partial charge in [0.25, 0.3) is 0 Å². The standard InChI is InChI=1S/C42H37F4N5O6/c1-22-25(7-4-8-26(22)37-48-31-14-24(19-51-12-6-11-32(51)39(52)53)34(57-41(45)46)16-35(31)54-37)27-9-5-10-28(29(27)17-47)38-49-30-13-23(18-50-20-42(2,3)21-50)33(56-40(43)44)15-36(30)55-38/h4-5,7-10,13-16,32,40-41H,6,11-12,18-21H2,1-3H3,(H,52,53)/t32-/m1/s1. The van der Waals surface area contributed by atoms with E-state index >= 15 is 0 Å². The van der Waals surface area contributed by atoms with Crippen LogP contribution in [0.3, 0.4) is 0 Å². The average molecular weight is 784 g/mol. The van der Waals surface area contributed by atoms with E-state index in [1.165, 1.54) is 12.1 Å². The number of nitriles is 1. The zero-order chi connectivity index (χ0) is 40.2. The Kier molecular flexibility index (Phi) is 9.87. The van der Waals surface area contributed by atoms with Crippen molar-refractivity contribution in [2.75, 3.05) is 19.6 Å². The highest BCUT2D eigenvalue weighted by Crippen LogP contribution is 2.40. The molecule has 0 aliphatic carbocycles. The molecule has 0 bridgehead atoms. The molecule has 1 N–H and O–H groups in total. The smallest absolute Gasteiger partial charge is 0.387 e. The number of hydrogen-bond donors (Lipinski definition) is 1. The maximum atomic E-state index is 13.5. The van der Waals surface area contributed by atoms with Crippen molar-refractivity contribution in [2.24, 2.45) is 5.41 Å². The molecule has 8 rings (SSSR count). The number of carboxylic acids is 1. The second-order valence-corrected chi connectivity index (χ2v) is 15.2. The monoisotopic (exact) mass is 783 g/mol. The van der Waals surface area contributed by atoms with Crippen LogP contribution in [-0.4, -0.2) is 69.7 Å². The SMILES string of the molecule is Cc1c(-c2nc3cc(CN4CCC[C@@H]4C(=O)O)c(OC(F)F)cc3o2)cccc1-c1cccc(-c2nc3cc(CN4CC(C)(C)C4)c(OC(F)F)cc3o2)c1C#N. The summed E-state index contributed by atoms with van der Waals surface area (Å²) in [6.45, 7) is 2.55. The maximum Gasteiger partial charge on any atom is 0.387 e. The summed E-state index contributed by atoms with van der Waals surface area (Å²) in [6.07, 6.45) is 1.12. The van der Waals surface area contributed by atoms with Crippen molar-refractivity contribution >= 4 is 28.2 Å². The maximum absolute atomic E-state index is 13.5. The Morgan fingerprint density at radius 2 is 1.42 bits per heavy atom. The van der Waals surface area contributed by atoms with E-state index in [0.717, 1.165) is 13.1 Å². The summed E-state index contributed by atoms with van der Waals surface area (Å²) >= 11 is 0. The average Bonchev–Trinajstić information content (AvgIpc) is 3.89. The second-order valence-electron chi connectivity index (χ2n) is 15.2. The Bertz CT molecular complexity index is 2550. The van der Waals surface area contributed by atoms with Gasteiger partial charge in [0.2, 0.25) is 11.8 Å². The second kappa shape index (κ2) is 14.8. The Morgan fingerprint density at radius 3 is 1.98 bits per heavy atom. The van der Waals surface area contributed by atoms with Crippen molar-refractivity contribution in [1.82, 2.24) is 19.8 Å². The van der Waals surface area contributed by atoms with Gasteiger partial charge in [0.1, 0.15) is 34.6 Å². The summed E-state index contributed by atoms with van der Waals surface area (Å²) in [4.78, 5) is 25.0. The van der Waals surface area contributed by atoms with Crippen LogP contribution in [0.2, 0.25) is 0 Å². The van der Waals surface area contributed by atoms with Crippen molar-refractivity contribution in [3.63, 3.8) is 0 Å². The van der Waals surface area contributed by atoms with E-state index in [0.29, 0.717) is 75.9 Å². The zero-order valence-corrected chi connectivity index (χ0v) is 31.2. The molecule has 4 aromatic carbocycles. The van der Waals surface area contributed by atoms with Crippen LogP contribution in [0.15, 0.2) is 69.5 Å². The lowest BCUT2D eigenvalue weighted by Crippen LogP contribution is -2.52. The lowest BCUT2D eigenvalue weighted by Gasteiger charge is -2.46. The molecule has 2 aliphatic heterocycles. The molecule has 0 unspecified atom stereocenters. The van der Waals surface area contributed by atoms with Crippen molar-refractivity contribution in [1.29, 1.82) is 5.26 Å². The number of aromatic nitrogens is 2. The number of aliphatic carboxylic acids is 1. The summed E-state index contributed by atoms with van der Waals surface area (Å²) in [5.74, 6) is -0.788. The van der Waals surface area contributed by atoms with Gasteiger partial charge >= 0.3 is 19.2 Å². The number of rotatable bonds is 12. The zero-order valence-electron chi connectivity index (χ0n) is 31.2. The van der Waals surface area contributed by atoms with Crippen LogP contribution in [0.5, 0.6) is 11.5 Å². The van der Waals surface area contributed by atoms with Gasteiger partial charge in [-0.2, -0.15) is 22.8 Å². The van der Waals surface area contributed by atoms with Gasteiger partial charge in [0.05, 0.1) is 11.1 Å². The van der Waals surface area contributed by atoms with Gasteiger partial charge in [0, 0.05) is 60.6 Å². The number of ether oxygens (including phenoxy) is 2. The number of oxazole rings is 2. The van der Waals surface area contributed by atoms with Gasteiger partial charge in [-0.3, -0.25) is 14.6 Å². The number of halogens is 4. The molecule has 0 spiro atoms. The largest absolute Gasteiger partial charge is 0.480 e. The lowest BCUT2D eigenvalue weighted by molar-refractivity contribution is -0.142. The highest BCUT2D eigenvalue weighted by Gasteiger charge is 2.35. The summed E-state index contributed by atoms with van der Waals surface area (Å²) in [5, 5.41) is 20.2. The van der Waals surface area contributed by atoms with Crippen LogP contribution in [-0.2, 0) is 17.9 Å². The van der Waals surface area contributed by atoms with Crippen LogP contribution in [0.4, 0.5) is 17.6 Å². The van der Waals surface area contributed by atoms with E-state index in [-0.39, 0.29) is 52.0 Å². The number of hydrogen-bond acceptors (Lipinski definition) is 10. The Hall–Kier alpha value is -5.98. The van der Waals surface area contributed by atoms with E-state index in [1.807, 2.05) is 13.0 Å². The number of carboxylic acid groups (broad SMARTS) is 1. The lowest BCUT2D eigenvalue weighted by atomic mass is 9.84. The Balaban J connectivity index is 1.14. The molecule has 57 heavy (non-hydrogen) atoms. The van der Waals surface area contributed by atoms with Crippen molar-refractivity contribution in [3.05, 3.63) is 82.9 Å². The van der Waals surface area contributed by atoms with E-state index in [1.54, 1.807) is 47.4 Å². The highest BCUT2D eigenvalue weighted by atomic mass is 19.3. The molecule has 2 saturated heterocycles. The fourth-order valence-corrected chi connectivity index (χ4v) is 8.15. The van der Waals surface area contributed by atoms with Gasteiger partial charge in [0.15, 0.2) is 11.2 Å². The fourth-order valence-electron chi connectivity index (χ4n) is 8.15. The molecule has 15 heteroatoms. The Morgan fingerprint density at radius 1 is 0.877 bits per heavy atom. The molecule has 4 heterocycles. The summed E-state index contributed by atoms with van der Waals surface area (Å²) < 4.78 is 75.9. The molecule has 294 valence electrons. The third kappa shape index (κ3) is 7.50. The fraction of sp³-hybridized carbons (Fsp3) is 0.333. The minimum Gasteiger partial charge on any atom is -0.480 e. The molecular formula is C42H37F4N5O6. The summed E-state index contributed by atoms with van der Waals surface area (Å²) in [6, 6.07) is 18.2. The van der Waals surface area contributed by atoms with E-state index in [9.17, 15) is 32.7 Å². The first-order valence-corrected chi connectivity index (χ1v) is 18.4. The number of benzene rings is 4. The van der Waals surface area contributed by atoms with Crippen LogP contribution in [0.1, 0.15) is 48.9 Å². The first-order valence-electron chi connectivity index (χ1n) is 18.4. The molecule has 11 nitrogen and oxygen atoms in total. The normalized spacial score (nSPS) is 17.1. The predicted octanol–water partition coefficient (Wildman–Crippen LogP) is 9.24. The third-order valence-electron chi connectivity index (χ3n) is 10.6. The van der Waals surface area contributed by atoms with Gasteiger partial charge in [-0.25, -0.2) is 9.97 Å². The minimum atomic E-state index is -3.12. The van der Waals surface area contributed by atoms with Crippen LogP contribution in [0.25, 0.3) is 56.2 Å². The topological polar surface area (TPSA) is 138 Å². The molecule has 6 aromatic rings. The summed E-state index contributed by atoms with van der Waals surface area (Å²) in [5.41, 5.74) is 5.42. The van der Waals surface area contributed by atoms with Gasteiger partial charge in [-0.05, 0) is 67.1 Å². The van der Waals surface area contributed by atoms with Crippen molar-refractivity contribution in [3.8, 4) is 51.6 Å². The number of likely N-dealkylation sites (tertiary alicyclic amines) is 2. The van der Waals surface area contributed by atoms with Crippen LogP contribution < -0.4 is 9.47 Å². The van der Waals surface area contributed by atoms with E-state index in [2.05, 4.69) is 29.8 Å². The predicted molar refractivity (Wildman–Crippen MR) is 201 cm³/mol. The van der Waals surface area contributed by atoms with Gasteiger partial charge < -0.3 is 23.4 Å². The number of carbonyl (C=O) groups is 1. The quantitative estimate of drug-likeness (QED) is 0.119. The molecule has 2 fully saturated rings. The molecule has 0 radical (unpaired) electrons. The van der Waals surface area contributed by atoms with Crippen LogP contribution >= 0.6 is 0 Å². The number of fused-ring (bicyclic) bond motifs is 2. The van der Waals surface area contributed by atoms with Crippen molar-refractivity contribution in [2.45, 2.75) is 66.0 Å². The first-order chi connectivity index (χ1) is 27.3. The molecule has 2 aliphatic rings. The number of alkyl halides is 4. The van der Waals surface area contributed by atoms with Gasteiger partial charge in [-0.15, -0.1) is 0 Å². The third-order valence-corrected chi connectivity index (χ3v) is 10.6. The molecule has 0 amide bonds. The first kappa shape index (κ1) is 37.9. The summed E-state index contributed by atoms with van der Waals surface area (Å²) in [7, 11) is 0. The molecule has 1 atom stereocenters. The molecule has 0 saturated carbocycles.